The number of carbonyl (C=O) groups is 1. The molecule has 1 atom stereocenters. The van der Waals surface area contributed by atoms with Crippen LogP contribution in [-0.4, -0.2) is 23.2 Å². The van der Waals surface area contributed by atoms with Gasteiger partial charge in [-0.2, -0.15) is 0 Å². The van der Waals surface area contributed by atoms with E-state index in [9.17, 15) is 9.59 Å². The molecule has 46 heavy (non-hydrogen) atoms. The van der Waals surface area contributed by atoms with Crippen molar-refractivity contribution in [3.63, 3.8) is 0 Å². The second-order valence-corrected chi connectivity index (χ2v) is 12.5. The van der Waals surface area contributed by atoms with E-state index in [1.807, 2.05) is 105 Å². The standard InChI is InChI=1S/C37H33ClN2O5S/c1-5-43-36(42)33-23(4)39-37-40(34(33)27-15-9-11-17-31(27)45-22(2)3)35(41)32(46-37)20-28-26-14-8-6-12-24(26)18-19-30(28)44-21-25-13-7-10-16-29(25)38/h6-20,22,34H,5,21H2,1-4H3/b32-20-/t34-/m1/s1. The SMILES string of the molecule is CCOC(=O)C1=C(C)N=c2s/c(=C\c3c(OCc4ccccc4Cl)ccc4ccccc34)c(=O)n2[C@@H]1c1ccccc1OC(C)C. The molecule has 0 radical (unpaired) electrons. The first kappa shape index (κ1) is 31.3. The van der Waals surface area contributed by atoms with Crippen molar-refractivity contribution in [2.24, 2.45) is 4.99 Å². The van der Waals surface area contributed by atoms with Crippen LogP contribution in [0.25, 0.3) is 16.8 Å². The molecule has 0 N–H and O–H groups in total. The molecule has 0 saturated heterocycles. The third kappa shape index (κ3) is 6.10. The molecule has 0 saturated carbocycles. The highest BCUT2D eigenvalue weighted by atomic mass is 35.5. The second-order valence-electron chi connectivity index (χ2n) is 11.1. The first-order valence-electron chi connectivity index (χ1n) is 15.1. The number of aromatic nitrogens is 1. The third-order valence-electron chi connectivity index (χ3n) is 7.64. The van der Waals surface area contributed by atoms with Gasteiger partial charge in [-0.1, -0.05) is 89.7 Å². The van der Waals surface area contributed by atoms with Gasteiger partial charge in [-0.25, -0.2) is 9.79 Å². The minimum atomic E-state index is -0.795. The zero-order chi connectivity index (χ0) is 32.4. The summed E-state index contributed by atoms with van der Waals surface area (Å²) in [5, 5.41) is 2.55. The number of hydrogen-bond donors (Lipinski definition) is 0. The maximum Gasteiger partial charge on any atom is 0.338 e. The van der Waals surface area contributed by atoms with Gasteiger partial charge in [0.05, 0.1) is 28.5 Å². The zero-order valence-corrected chi connectivity index (χ0v) is 27.5. The van der Waals surface area contributed by atoms with Gasteiger partial charge in [0, 0.05) is 21.7 Å². The Bertz CT molecular complexity index is 2160. The molecule has 0 aliphatic carbocycles. The molecule has 9 heteroatoms. The fraction of sp³-hybridized carbons (Fsp3) is 0.216. The number of thiazole rings is 1. The number of para-hydroxylation sites is 1. The highest BCUT2D eigenvalue weighted by Crippen LogP contribution is 2.36. The van der Waals surface area contributed by atoms with Gasteiger partial charge >= 0.3 is 5.97 Å². The molecular weight excluding hydrogens is 620 g/mol. The highest BCUT2D eigenvalue weighted by molar-refractivity contribution is 7.07. The Balaban J connectivity index is 1.55. The summed E-state index contributed by atoms with van der Waals surface area (Å²) in [7, 11) is 0. The molecule has 1 aliphatic rings. The Morgan fingerprint density at radius 3 is 2.52 bits per heavy atom. The molecule has 1 aromatic heterocycles. The number of rotatable bonds is 9. The number of ether oxygens (including phenoxy) is 3. The summed E-state index contributed by atoms with van der Waals surface area (Å²) >= 11 is 7.68. The number of carbonyl (C=O) groups excluding carboxylic acids is 1. The molecule has 0 amide bonds. The van der Waals surface area contributed by atoms with E-state index in [1.165, 1.54) is 11.3 Å². The lowest BCUT2D eigenvalue weighted by Crippen LogP contribution is -2.40. The predicted molar refractivity (Wildman–Crippen MR) is 182 cm³/mol. The molecule has 4 aromatic carbocycles. The summed E-state index contributed by atoms with van der Waals surface area (Å²) in [4.78, 5) is 33.1. The number of fused-ring (bicyclic) bond motifs is 2. The molecular formula is C37H33ClN2O5S. The number of allylic oxidation sites excluding steroid dienone is 1. The Morgan fingerprint density at radius 2 is 1.74 bits per heavy atom. The van der Waals surface area contributed by atoms with Crippen LogP contribution >= 0.6 is 22.9 Å². The van der Waals surface area contributed by atoms with Crippen LogP contribution in [0.3, 0.4) is 0 Å². The largest absolute Gasteiger partial charge is 0.491 e. The lowest BCUT2D eigenvalue weighted by Gasteiger charge is -2.26. The number of halogens is 1. The molecule has 6 rings (SSSR count). The maximum absolute atomic E-state index is 14.4. The first-order chi connectivity index (χ1) is 22.3. The Labute approximate surface area is 275 Å². The Hall–Kier alpha value is -4.66. The minimum Gasteiger partial charge on any atom is -0.491 e. The van der Waals surface area contributed by atoms with E-state index in [0.717, 1.165) is 21.9 Å². The van der Waals surface area contributed by atoms with E-state index in [-0.39, 0.29) is 24.9 Å². The van der Waals surface area contributed by atoms with Crippen LogP contribution in [0.15, 0.2) is 106 Å². The third-order valence-corrected chi connectivity index (χ3v) is 8.99. The van der Waals surface area contributed by atoms with Gasteiger partial charge in [0.25, 0.3) is 5.56 Å². The molecule has 5 aromatic rings. The van der Waals surface area contributed by atoms with Gasteiger partial charge in [-0.15, -0.1) is 0 Å². The van der Waals surface area contributed by atoms with Crippen LogP contribution in [0.5, 0.6) is 11.5 Å². The molecule has 0 unspecified atom stereocenters. The summed E-state index contributed by atoms with van der Waals surface area (Å²) in [6.45, 7) is 7.84. The van der Waals surface area contributed by atoms with Crippen molar-refractivity contribution in [3.05, 3.63) is 138 Å². The van der Waals surface area contributed by atoms with Crippen LogP contribution in [0, 0.1) is 0 Å². The van der Waals surface area contributed by atoms with Crippen LogP contribution in [0.1, 0.15) is 50.4 Å². The van der Waals surface area contributed by atoms with Crippen molar-refractivity contribution in [1.82, 2.24) is 4.57 Å². The fourth-order valence-electron chi connectivity index (χ4n) is 5.61. The molecule has 0 bridgehead atoms. The molecule has 0 spiro atoms. The predicted octanol–water partition coefficient (Wildman–Crippen LogP) is 6.97. The van der Waals surface area contributed by atoms with E-state index in [1.54, 1.807) is 18.4 Å². The number of esters is 1. The van der Waals surface area contributed by atoms with Crippen molar-refractivity contribution < 1.29 is 19.0 Å². The normalized spacial score (nSPS) is 14.7. The van der Waals surface area contributed by atoms with Crippen molar-refractivity contribution in [3.8, 4) is 11.5 Å². The lowest BCUT2D eigenvalue weighted by molar-refractivity contribution is -0.139. The van der Waals surface area contributed by atoms with Gasteiger partial charge in [-0.3, -0.25) is 9.36 Å². The number of benzene rings is 4. The van der Waals surface area contributed by atoms with Crippen molar-refractivity contribution in [2.45, 2.75) is 46.4 Å². The van der Waals surface area contributed by atoms with E-state index in [2.05, 4.69) is 0 Å². The quantitative estimate of drug-likeness (QED) is 0.161. The van der Waals surface area contributed by atoms with E-state index >= 15 is 0 Å². The number of hydrogen-bond acceptors (Lipinski definition) is 7. The van der Waals surface area contributed by atoms with Crippen LogP contribution in [0.2, 0.25) is 5.02 Å². The fourth-order valence-corrected chi connectivity index (χ4v) is 6.82. The summed E-state index contributed by atoms with van der Waals surface area (Å²) in [6, 6.07) is 26.1. The summed E-state index contributed by atoms with van der Waals surface area (Å²) in [5.41, 5.74) is 2.80. The van der Waals surface area contributed by atoms with Gasteiger partial charge in [0.2, 0.25) is 0 Å². The van der Waals surface area contributed by atoms with E-state index in [4.69, 9.17) is 30.8 Å². The summed E-state index contributed by atoms with van der Waals surface area (Å²) in [5.74, 6) is 0.671. The average Bonchev–Trinajstić information content (AvgIpc) is 3.34. The van der Waals surface area contributed by atoms with Gasteiger partial charge in [0.1, 0.15) is 24.1 Å². The summed E-state index contributed by atoms with van der Waals surface area (Å²) < 4.78 is 20.0. The molecule has 2 heterocycles. The average molecular weight is 653 g/mol. The first-order valence-corrected chi connectivity index (χ1v) is 16.3. The smallest absolute Gasteiger partial charge is 0.338 e. The second kappa shape index (κ2) is 13.4. The number of nitrogens with zero attached hydrogens (tertiary/aromatic N) is 2. The highest BCUT2D eigenvalue weighted by Gasteiger charge is 2.35. The summed E-state index contributed by atoms with van der Waals surface area (Å²) in [6.07, 6.45) is 1.73. The van der Waals surface area contributed by atoms with Crippen molar-refractivity contribution in [2.75, 3.05) is 6.61 Å². The van der Waals surface area contributed by atoms with Gasteiger partial charge in [0.15, 0.2) is 4.80 Å². The van der Waals surface area contributed by atoms with Gasteiger partial charge in [-0.05, 0) is 62.7 Å². The van der Waals surface area contributed by atoms with Crippen LogP contribution < -0.4 is 24.4 Å². The van der Waals surface area contributed by atoms with E-state index < -0.39 is 12.0 Å². The van der Waals surface area contributed by atoms with Crippen LogP contribution in [0.4, 0.5) is 0 Å². The van der Waals surface area contributed by atoms with Crippen molar-refractivity contribution in [1.29, 1.82) is 0 Å². The topological polar surface area (TPSA) is 79.1 Å². The Kier molecular flexibility index (Phi) is 9.10. The molecule has 1 aliphatic heterocycles. The zero-order valence-electron chi connectivity index (χ0n) is 26.0. The minimum absolute atomic E-state index is 0.122. The van der Waals surface area contributed by atoms with Gasteiger partial charge < -0.3 is 14.2 Å². The Morgan fingerprint density at radius 1 is 1.00 bits per heavy atom. The molecule has 7 nitrogen and oxygen atoms in total. The lowest BCUT2D eigenvalue weighted by atomic mass is 9.95. The molecule has 234 valence electrons. The van der Waals surface area contributed by atoms with E-state index in [0.29, 0.717) is 42.7 Å². The molecule has 0 fully saturated rings. The maximum atomic E-state index is 14.4. The van der Waals surface area contributed by atoms with Crippen LogP contribution in [-0.2, 0) is 16.1 Å². The van der Waals surface area contributed by atoms with Crippen molar-refractivity contribution >= 4 is 45.8 Å². The monoisotopic (exact) mass is 652 g/mol.